The van der Waals surface area contributed by atoms with Crippen molar-refractivity contribution in [1.82, 2.24) is 0 Å². The molecule has 0 bridgehead atoms. The molecule has 0 aliphatic rings. The van der Waals surface area contributed by atoms with Crippen LogP contribution in [-0.2, 0) is 26.4 Å². The molecule has 0 spiro atoms. The third kappa shape index (κ3) is 18.0. The van der Waals surface area contributed by atoms with Gasteiger partial charge in [-0.15, -0.1) is 0 Å². The van der Waals surface area contributed by atoms with E-state index in [1.165, 1.54) is 139 Å². The fourth-order valence-corrected chi connectivity index (χ4v) is 29.3. The van der Waals surface area contributed by atoms with E-state index in [0.29, 0.717) is 33.8 Å². The Morgan fingerprint density at radius 1 is 0.220 bits per heavy atom. The van der Waals surface area contributed by atoms with Gasteiger partial charge in [-0.25, -0.2) is 17.6 Å². The van der Waals surface area contributed by atoms with Gasteiger partial charge in [0.1, 0.15) is 72.7 Å². The molecule has 0 aliphatic carbocycles. The molecule has 0 aliphatic heterocycles. The molecule has 0 fully saturated rings. The molecule has 0 saturated heterocycles. The molecule has 4 nitrogen and oxygen atoms in total. The van der Waals surface area contributed by atoms with E-state index in [1.54, 1.807) is 12.1 Å². The smallest absolute Gasteiger partial charge is 0.187 e. The summed E-state index contributed by atoms with van der Waals surface area (Å²) in [5.41, 5.74) is 2.83. The van der Waals surface area contributed by atoms with Crippen molar-refractivity contribution in [2.24, 2.45) is 0 Å². The standard InChI is InChI=1S/C25H16F2IOS.2C25H17FIOS.C25H16I3OS/c26-22-13-16(28)14-23(27)21(22)15-29-17-9-11-18(12-10-17)30-24-7-3-1-5-19(24)20-6-2-4-8-25(20)30;26-18-13-20(28-16-17-9-11-19(27)12-10-17)15-21(14-18)29-24-7-3-1-5-22(24)23-6-2-4-8-25(23)29;26-23-15-18(27)10-9-17(23)16-28-19-11-13-20(14-12-19)29-24-7-3-1-5-21(24)22-6-2-4-8-25(22)29;26-16-13-22(27)21(23(28)14-16)15-29-17-9-11-18(12-10-17)30-24-7-3-1-5-19(24)20-6-2-4-8-25(20)30/h1-14H,15H2;2*1-15H,16H2;1-14H,15H2/q4*+1. The molecule has 0 saturated carbocycles. The number of hydrogen-bond acceptors (Lipinski definition) is 4. The highest BCUT2D eigenvalue weighted by Crippen LogP contribution is 2.53. The lowest BCUT2D eigenvalue weighted by Crippen LogP contribution is -2.02. The molecular formula is C100H66F4I6O4S4+4. The molecule has 118 heavy (non-hydrogen) atoms. The van der Waals surface area contributed by atoms with Gasteiger partial charge in [0.05, 0.1) is 5.56 Å². The molecule has 0 atom stereocenters. The van der Waals surface area contributed by atoms with Gasteiger partial charge in [-0.1, -0.05) is 115 Å². The van der Waals surface area contributed by atoms with Crippen LogP contribution in [0.2, 0.25) is 0 Å². The second-order valence-electron chi connectivity index (χ2n) is 27.4. The van der Waals surface area contributed by atoms with E-state index in [9.17, 15) is 17.6 Å². The Morgan fingerprint density at radius 2 is 0.517 bits per heavy atom. The Morgan fingerprint density at radius 3 is 0.873 bits per heavy atom. The first-order chi connectivity index (χ1) is 57.6. The zero-order valence-corrected chi connectivity index (χ0v) is 78.6. The predicted octanol–water partition coefficient (Wildman–Crippen LogP) is 33.4. The summed E-state index contributed by atoms with van der Waals surface area (Å²) < 4.78 is 97.2. The van der Waals surface area contributed by atoms with Crippen molar-refractivity contribution in [2.45, 2.75) is 26.4 Å². The molecular weight excluding hydrogens is 2230 g/mol. The fourth-order valence-electron chi connectivity index (χ4n) is 14.5. The van der Waals surface area contributed by atoms with E-state index in [0.717, 1.165) is 25.5 Å². The summed E-state index contributed by atoms with van der Waals surface area (Å²) in [5, 5.41) is 10.4. The average molecular weight is 2300 g/mol. The molecule has 4 heterocycles. The topological polar surface area (TPSA) is 36.9 Å². The highest BCUT2D eigenvalue weighted by atomic mass is 127. The summed E-state index contributed by atoms with van der Waals surface area (Å²) in [6.45, 7) is 1.08. The number of rotatable bonds is 16. The molecule has 16 aromatic carbocycles. The van der Waals surface area contributed by atoms with Crippen molar-refractivity contribution < 1.29 is 36.5 Å². The Hall–Kier alpha value is -8.30. The highest BCUT2D eigenvalue weighted by molar-refractivity contribution is 14.1. The van der Waals surface area contributed by atoms with Gasteiger partial charge in [0, 0.05) is 172 Å². The number of ether oxygens (including phenoxy) is 4. The summed E-state index contributed by atoms with van der Waals surface area (Å²) in [7, 11) is -0.677. The largest absolute Gasteiger partial charge is 0.489 e. The maximum atomic E-state index is 14.5. The summed E-state index contributed by atoms with van der Waals surface area (Å²) in [4.78, 5) is 4.72. The number of benzene rings is 16. The van der Waals surface area contributed by atoms with Crippen molar-refractivity contribution in [2.75, 3.05) is 0 Å². The summed E-state index contributed by atoms with van der Waals surface area (Å²) in [5.74, 6) is 1.13. The van der Waals surface area contributed by atoms with Crippen molar-refractivity contribution in [1.29, 1.82) is 0 Å². The Balaban J connectivity index is 0.000000113. The van der Waals surface area contributed by atoms with Crippen LogP contribution in [0.5, 0.6) is 23.0 Å². The number of thiophene rings is 4. The molecule has 20 rings (SSSR count). The number of hydrogen-bond donors (Lipinski definition) is 0. The Kier molecular flexibility index (Phi) is 26.0. The first kappa shape index (κ1) is 82.0. The van der Waals surface area contributed by atoms with Gasteiger partial charge in [-0.05, 0) is 323 Å². The van der Waals surface area contributed by atoms with Gasteiger partial charge in [0.25, 0.3) is 0 Å². The van der Waals surface area contributed by atoms with E-state index in [-0.39, 0.29) is 72.3 Å². The van der Waals surface area contributed by atoms with Crippen molar-refractivity contribution >= 4 is 258 Å². The summed E-state index contributed by atoms with van der Waals surface area (Å²) >= 11 is 13.4. The maximum absolute atomic E-state index is 14.5. The minimum Gasteiger partial charge on any atom is -0.489 e. The number of halogens is 10. The average Bonchev–Trinajstić information content (AvgIpc) is 1.63. The second-order valence-corrected chi connectivity index (χ2v) is 42.6. The number of fused-ring (bicyclic) bond motifs is 12. The van der Waals surface area contributed by atoms with E-state index in [1.807, 2.05) is 95.4 Å². The lowest BCUT2D eigenvalue weighted by molar-refractivity contribution is 0.292. The molecule has 4 aromatic heterocycles. The zero-order chi connectivity index (χ0) is 80.9. The molecule has 0 unspecified atom stereocenters. The van der Waals surface area contributed by atoms with Gasteiger partial charge in [-0.2, -0.15) is 0 Å². The van der Waals surface area contributed by atoms with Crippen LogP contribution in [0, 0.1) is 44.7 Å². The molecule has 580 valence electrons. The third-order valence-corrected chi connectivity index (χ3v) is 33.8. The molecule has 20 aromatic rings. The molecule has 18 heteroatoms. The molecule has 0 N–H and O–H groups in total. The van der Waals surface area contributed by atoms with Crippen LogP contribution < -0.4 is 18.9 Å². The second kappa shape index (κ2) is 37.4. The highest BCUT2D eigenvalue weighted by Gasteiger charge is 2.29. The normalized spacial score (nSPS) is 11.3. The van der Waals surface area contributed by atoms with Crippen LogP contribution in [-0.4, -0.2) is 0 Å². The van der Waals surface area contributed by atoms with Crippen molar-refractivity contribution in [3.8, 4) is 42.6 Å². The predicted molar refractivity (Wildman–Crippen MR) is 540 cm³/mol. The van der Waals surface area contributed by atoms with Gasteiger partial charge < -0.3 is 18.9 Å². The fraction of sp³-hybridized carbons (Fsp3) is 0.0400. The van der Waals surface area contributed by atoms with Gasteiger partial charge in [-0.3, -0.25) is 0 Å². The minimum atomic E-state index is -0.586. The van der Waals surface area contributed by atoms with Crippen molar-refractivity contribution in [3.63, 3.8) is 0 Å². The monoisotopic (exact) mass is 2300 g/mol. The lowest BCUT2D eigenvalue weighted by Gasteiger charge is -2.10. The minimum absolute atomic E-state index is 0.0555. The van der Waals surface area contributed by atoms with Crippen LogP contribution in [0.3, 0.4) is 0 Å². The van der Waals surface area contributed by atoms with Crippen LogP contribution >= 0.6 is 177 Å². The third-order valence-electron chi connectivity index (χ3n) is 20.0. The maximum Gasteiger partial charge on any atom is 0.187 e. The van der Waals surface area contributed by atoms with Crippen LogP contribution in [0.4, 0.5) is 17.6 Å². The first-order valence-corrected chi connectivity index (χ1v) is 48.8. The van der Waals surface area contributed by atoms with Gasteiger partial charge in [0.2, 0.25) is 0 Å². The zero-order valence-electron chi connectivity index (χ0n) is 62.4. The van der Waals surface area contributed by atoms with E-state index in [2.05, 4.69) is 356 Å². The van der Waals surface area contributed by atoms with Crippen molar-refractivity contribution in [3.05, 3.63) is 419 Å². The summed E-state index contributed by atoms with van der Waals surface area (Å²) in [6.07, 6.45) is 0. The van der Waals surface area contributed by atoms with Gasteiger partial charge >= 0.3 is 0 Å². The van der Waals surface area contributed by atoms with E-state index < -0.39 is 11.6 Å². The van der Waals surface area contributed by atoms with E-state index in [4.69, 9.17) is 18.9 Å². The molecule has 0 amide bonds. The SMILES string of the molecule is Fc1cc(I)cc(F)c1COc1ccc(-[s+]2c3ccccc3c3ccccc32)cc1.Fc1cc(I)ccc1COc1ccc(-[s+]2c3ccccc3c3ccccc32)cc1.Fc1cc(OCc2ccc(I)cc2)cc(-[s+]2c3ccccc3c3ccccc32)c1.Ic1cc(I)c(COc2ccc(-[s+]3c4ccccc4c4ccccc43)cc2)c(I)c1. The van der Waals surface area contributed by atoms with Crippen LogP contribution in [0.15, 0.2) is 352 Å². The Bertz CT molecular complexity index is 6620. The quantitative estimate of drug-likeness (QED) is 0.0549. The van der Waals surface area contributed by atoms with E-state index >= 15 is 0 Å². The van der Waals surface area contributed by atoms with Gasteiger partial charge in [0.15, 0.2) is 57.2 Å². The summed E-state index contributed by atoms with van der Waals surface area (Å²) in [6, 6.07) is 119. The first-order valence-electron chi connectivity index (χ1n) is 37.4. The molecule has 0 radical (unpaired) electrons. The Labute approximate surface area is 772 Å². The lowest BCUT2D eigenvalue weighted by atomic mass is 10.2. The van der Waals surface area contributed by atoms with Crippen LogP contribution in [0.1, 0.15) is 22.3 Å². The van der Waals surface area contributed by atoms with Crippen LogP contribution in [0.25, 0.3) is 100 Å².